The normalized spacial score (nSPS) is 24.2. The predicted molar refractivity (Wildman–Crippen MR) is 120 cm³/mol. The van der Waals surface area contributed by atoms with Gasteiger partial charge in [0.1, 0.15) is 22.9 Å². The highest BCUT2D eigenvalue weighted by molar-refractivity contribution is 6.12. The minimum atomic E-state index is -1.40. The van der Waals surface area contributed by atoms with Crippen molar-refractivity contribution in [2.24, 2.45) is 0 Å². The molecule has 0 saturated heterocycles. The molecule has 33 heavy (non-hydrogen) atoms. The second-order valence-corrected chi connectivity index (χ2v) is 9.91. The molecule has 6 nitrogen and oxygen atoms in total. The van der Waals surface area contributed by atoms with Gasteiger partial charge in [0.25, 0.3) is 5.91 Å². The van der Waals surface area contributed by atoms with E-state index < -0.39 is 23.1 Å². The Morgan fingerprint density at radius 2 is 1.76 bits per heavy atom. The number of carbonyl (C=O) groups excluding carboxylic acids is 2. The molecular weight excluding hydrogens is 426 g/mol. The Morgan fingerprint density at radius 3 is 2.42 bits per heavy atom. The van der Waals surface area contributed by atoms with Crippen molar-refractivity contribution in [1.82, 2.24) is 15.1 Å². The lowest BCUT2D eigenvalue weighted by Crippen LogP contribution is -2.65. The molecule has 1 unspecified atom stereocenters. The summed E-state index contributed by atoms with van der Waals surface area (Å²) < 4.78 is 30.1. The van der Waals surface area contributed by atoms with E-state index in [4.69, 9.17) is 0 Å². The van der Waals surface area contributed by atoms with Crippen molar-refractivity contribution in [3.8, 4) is 0 Å². The van der Waals surface area contributed by atoms with E-state index in [0.29, 0.717) is 11.6 Å². The second kappa shape index (κ2) is 8.54. The van der Waals surface area contributed by atoms with Crippen molar-refractivity contribution in [1.29, 1.82) is 0 Å². The fourth-order valence-electron chi connectivity index (χ4n) is 5.16. The van der Waals surface area contributed by atoms with Crippen LogP contribution in [0.4, 0.5) is 14.5 Å². The molecule has 2 saturated carbocycles. The maximum Gasteiger partial charge on any atom is 0.277 e. The summed E-state index contributed by atoms with van der Waals surface area (Å²) in [5, 5.41) is 7.77. The average Bonchev–Trinajstić information content (AvgIpc) is 3.51. The summed E-state index contributed by atoms with van der Waals surface area (Å²) in [7, 11) is 0. The Morgan fingerprint density at radius 1 is 1.06 bits per heavy atom. The first-order valence-corrected chi connectivity index (χ1v) is 12.0. The number of nitrogens with one attached hydrogen (secondary N) is 1. The minimum absolute atomic E-state index is 0.0192. The molecular formula is C25H30F2N4O2. The highest BCUT2D eigenvalue weighted by Crippen LogP contribution is 2.41. The summed E-state index contributed by atoms with van der Waals surface area (Å²) in [4.78, 5) is 28.6. The number of hydrogen-bond donors (Lipinski definition) is 1. The van der Waals surface area contributed by atoms with Gasteiger partial charge in [0.2, 0.25) is 5.91 Å². The number of halogens is 2. The SMILES string of the molecule is CC1(C(=O)NC2CCCCCCC2)Cn2nc(C3CC3)cc2C(=O)N1c1ccc(F)cc1F. The van der Waals surface area contributed by atoms with E-state index in [1.54, 1.807) is 17.7 Å². The maximum absolute atomic E-state index is 14.9. The predicted octanol–water partition coefficient (Wildman–Crippen LogP) is 4.69. The zero-order chi connectivity index (χ0) is 23.2. The van der Waals surface area contributed by atoms with Crippen molar-refractivity contribution >= 4 is 17.5 Å². The van der Waals surface area contributed by atoms with Gasteiger partial charge in [-0.1, -0.05) is 32.1 Å². The van der Waals surface area contributed by atoms with E-state index in [9.17, 15) is 18.4 Å². The van der Waals surface area contributed by atoms with Gasteiger partial charge in [-0.15, -0.1) is 0 Å². The molecule has 3 aliphatic rings. The van der Waals surface area contributed by atoms with E-state index in [2.05, 4.69) is 10.4 Å². The largest absolute Gasteiger partial charge is 0.351 e. The van der Waals surface area contributed by atoms with Crippen LogP contribution in [0, 0.1) is 11.6 Å². The lowest BCUT2D eigenvalue weighted by atomic mass is 9.91. The number of benzene rings is 1. The molecule has 2 heterocycles. The van der Waals surface area contributed by atoms with Crippen molar-refractivity contribution in [2.75, 3.05) is 4.90 Å². The van der Waals surface area contributed by atoms with Gasteiger partial charge in [0, 0.05) is 18.0 Å². The van der Waals surface area contributed by atoms with Crippen molar-refractivity contribution < 1.29 is 18.4 Å². The summed E-state index contributed by atoms with van der Waals surface area (Å²) in [5.41, 5.74) is -0.339. The van der Waals surface area contributed by atoms with Gasteiger partial charge in [-0.3, -0.25) is 19.2 Å². The Hall–Kier alpha value is -2.77. The lowest BCUT2D eigenvalue weighted by Gasteiger charge is -2.43. The van der Waals surface area contributed by atoms with E-state index in [-0.39, 0.29) is 24.2 Å². The van der Waals surface area contributed by atoms with Crippen molar-refractivity contribution in [2.45, 2.75) is 88.8 Å². The van der Waals surface area contributed by atoms with Crippen molar-refractivity contribution in [3.05, 3.63) is 47.3 Å². The molecule has 2 fully saturated rings. The molecule has 176 valence electrons. The Labute approximate surface area is 192 Å². The number of hydrogen-bond acceptors (Lipinski definition) is 3. The second-order valence-electron chi connectivity index (χ2n) is 9.91. The van der Waals surface area contributed by atoms with E-state index in [0.717, 1.165) is 69.2 Å². The zero-order valence-corrected chi connectivity index (χ0v) is 18.9. The number of amides is 2. The fourth-order valence-corrected chi connectivity index (χ4v) is 5.16. The number of anilines is 1. The van der Waals surface area contributed by atoms with Crippen LogP contribution in [0.25, 0.3) is 0 Å². The first kappa shape index (κ1) is 22.0. The monoisotopic (exact) mass is 456 g/mol. The van der Waals surface area contributed by atoms with Gasteiger partial charge in [0.05, 0.1) is 17.9 Å². The van der Waals surface area contributed by atoms with Crippen LogP contribution in [0.15, 0.2) is 24.3 Å². The molecule has 1 aromatic carbocycles. The molecule has 2 amide bonds. The van der Waals surface area contributed by atoms with Crippen LogP contribution >= 0.6 is 0 Å². The number of fused-ring (bicyclic) bond motifs is 1. The first-order chi connectivity index (χ1) is 15.9. The van der Waals surface area contributed by atoms with E-state index in [1.165, 1.54) is 17.4 Å². The third-order valence-corrected chi connectivity index (χ3v) is 7.25. The highest BCUT2D eigenvalue weighted by Gasteiger charge is 2.50. The number of aromatic nitrogens is 2. The third-order valence-electron chi connectivity index (χ3n) is 7.25. The molecule has 1 atom stereocenters. The molecule has 0 spiro atoms. The fraction of sp³-hybridized carbons (Fsp3) is 0.560. The average molecular weight is 457 g/mol. The van der Waals surface area contributed by atoms with Crippen LogP contribution < -0.4 is 10.2 Å². The Balaban J connectivity index is 1.52. The molecule has 1 aliphatic heterocycles. The molecule has 8 heteroatoms. The maximum atomic E-state index is 14.9. The van der Waals surface area contributed by atoms with Crippen LogP contribution in [0.5, 0.6) is 0 Å². The van der Waals surface area contributed by atoms with Gasteiger partial charge >= 0.3 is 0 Å². The van der Waals surface area contributed by atoms with Gasteiger partial charge in [0.15, 0.2) is 0 Å². The molecule has 2 aliphatic carbocycles. The van der Waals surface area contributed by atoms with Crippen LogP contribution in [0.3, 0.4) is 0 Å². The van der Waals surface area contributed by atoms with Crippen LogP contribution in [0.2, 0.25) is 0 Å². The molecule has 2 aromatic rings. The molecule has 1 N–H and O–H groups in total. The third kappa shape index (κ3) is 4.15. The Bertz CT molecular complexity index is 1070. The van der Waals surface area contributed by atoms with Crippen LogP contribution in [0.1, 0.15) is 86.8 Å². The lowest BCUT2D eigenvalue weighted by molar-refractivity contribution is -0.127. The number of nitrogens with zero attached hydrogens (tertiary/aromatic N) is 3. The first-order valence-electron chi connectivity index (χ1n) is 12.0. The van der Waals surface area contributed by atoms with E-state index in [1.807, 2.05) is 0 Å². The Kier molecular flexibility index (Phi) is 5.70. The van der Waals surface area contributed by atoms with Gasteiger partial charge in [-0.25, -0.2) is 8.78 Å². The molecule has 5 rings (SSSR count). The van der Waals surface area contributed by atoms with Crippen molar-refractivity contribution in [3.63, 3.8) is 0 Å². The summed E-state index contributed by atoms with van der Waals surface area (Å²) >= 11 is 0. The number of carbonyl (C=O) groups is 2. The van der Waals surface area contributed by atoms with Gasteiger partial charge < -0.3 is 5.32 Å². The molecule has 1 aromatic heterocycles. The highest BCUT2D eigenvalue weighted by atomic mass is 19.1. The molecule has 0 bridgehead atoms. The van der Waals surface area contributed by atoms with E-state index >= 15 is 0 Å². The zero-order valence-electron chi connectivity index (χ0n) is 18.9. The summed E-state index contributed by atoms with van der Waals surface area (Å²) in [6, 6.07) is 4.86. The van der Waals surface area contributed by atoms with Crippen LogP contribution in [-0.4, -0.2) is 33.2 Å². The standard InChI is InChI=1S/C25H30F2N4O2/c1-25(24(33)28-18-7-5-3-2-4-6-8-18)15-30-22(14-20(29-30)16-9-10-16)23(32)31(25)21-12-11-17(26)13-19(21)27/h11-14,16,18H,2-10,15H2,1H3,(H,28,33). The van der Waals surface area contributed by atoms with Gasteiger partial charge in [-0.05, 0) is 50.8 Å². The van der Waals surface area contributed by atoms with Crippen LogP contribution in [-0.2, 0) is 11.3 Å². The topological polar surface area (TPSA) is 67.2 Å². The molecule has 0 radical (unpaired) electrons. The van der Waals surface area contributed by atoms with Gasteiger partial charge in [-0.2, -0.15) is 5.10 Å². The summed E-state index contributed by atoms with van der Waals surface area (Å²) in [6.45, 7) is 1.75. The quantitative estimate of drug-likeness (QED) is 0.726. The smallest absolute Gasteiger partial charge is 0.277 e. The summed E-state index contributed by atoms with van der Waals surface area (Å²) in [5.74, 6) is -2.10. The minimum Gasteiger partial charge on any atom is -0.351 e. The summed E-state index contributed by atoms with van der Waals surface area (Å²) in [6.07, 6.45) is 9.44. The number of rotatable bonds is 4.